The lowest BCUT2D eigenvalue weighted by Crippen LogP contribution is -2.09. The van der Waals surface area contributed by atoms with E-state index in [4.69, 9.17) is 16.7 Å². The second-order valence-electron chi connectivity index (χ2n) is 3.94. The molecule has 0 unspecified atom stereocenters. The van der Waals surface area contributed by atoms with E-state index < -0.39 is 5.97 Å². The predicted molar refractivity (Wildman–Crippen MR) is 70.7 cm³/mol. The number of carbonyl (C=O) groups excluding carboxylic acids is 1. The number of aromatic carboxylic acids is 1. The molecule has 1 heterocycles. The molecule has 0 spiro atoms. The van der Waals surface area contributed by atoms with Crippen molar-refractivity contribution in [2.45, 2.75) is 6.42 Å². The van der Waals surface area contributed by atoms with Crippen molar-refractivity contribution in [3.05, 3.63) is 64.4 Å². The third kappa shape index (κ3) is 3.17. The molecule has 2 aromatic rings. The Hall–Kier alpha value is -2.20. The molecule has 5 heteroatoms. The average molecular weight is 276 g/mol. The zero-order valence-electron chi connectivity index (χ0n) is 9.84. The maximum atomic E-state index is 12.0. The monoisotopic (exact) mass is 275 g/mol. The Balaban J connectivity index is 2.24. The number of ketones is 1. The third-order valence-corrected chi connectivity index (χ3v) is 2.90. The van der Waals surface area contributed by atoms with Gasteiger partial charge in [-0.1, -0.05) is 11.6 Å². The van der Waals surface area contributed by atoms with Crippen molar-refractivity contribution >= 4 is 23.4 Å². The number of rotatable bonds is 4. The lowest BCUT2D eigenvalue weighted by Gasteiger charge is -2.05. The Bertz CT molecular complexity index is 623. The van der Waals surface area contributed by atoms with Gasteiger partial charge in [0, 0.05) is 29.4 Å². The Morgan fingerprint density at radius 1 is 1.16 bits per heavy atom. The van der Waals surface area contributed by atoms with Crippen molar-refractivity contribution in [2.24, 2.45) is 0 Å². The Morgan fingerprint density at radius 2 is 1.84 bits per heavy atom. The van der Waals surface area contributed by atoms with Crippen LogP contribution in [0.4, 0.5) is 0 Å². The van der Waals surface area contributed by atoms with E-state index in [1.807, 2.05) is 0 Å². The van der Waals surface area contributed by atoms with E-state index in [0.717, 1.165) is 0 Å². The first kappa shape index (κ1) is 13.2. The predicted octanol–water partition coefficient (Wildman–Crippen LogP) is 2.86. The Kier molecular flexibility index (Phi) is 3.92. The molecular formula is C14H10ClNO3. The molecule has 0 aliphatic carbocycles. The minimum Gasteiger partial charge on any atom is -0.478 e. The molecule has 0 aliphatic heterocycles. The number of carboxylic acids is 1. The van der Waals surface area contributed by atoms with E-state index in [1.54, 1.807) is 24.3 Å². The lowest BCUT2D eigenvalue weighted by atomic mass is 10.0. The van der Waals surface area contributed by atoms with Crippen LogP contribution in [0.15, 0.2) is 42.7 Å². The van der Waals surface area contributed by atoms with Crippen molar-refractivity contribution in [1.29, 1.82) is 0 Å². The second-order valence-corrected chi connectivity index (χ2v) is 4.38. The van der Waals surface area contributed by atoms with Gasteiger partial charge in [0.1, 0.15) is 0 Å². The summed E-state index contributed by atoms with van der Waals surface area (Å²) >= 11 is 5.74. The molecule has 0 atom stereocenters. The fourth-order valence-electron chi connectivity index (χ4n) is 1.69. The molecule has 0 fully saturated rings. The standard InChI is InChI=1S/C14H10ClNO3/c15-11-3-1-9(2-4-11)13(17)7-10-8-16-6-5-12(10)14(18)19/h1-6,8H,7H2,(H,18,19). The highest BCUT2D eigenvalue weighted by atomic mass is 35.5. The summed E-state index contributed by atoms with van der Waals surface area (Å²) in [5.41, 5.74) is 0.983. The van der Waals surface area contributed by atoms with Gasteiger partial charge in [0.05, 0.1) is 5.56 Å². The number of hydrogen-bond acceptors (Lipinski definition) is 3. The summed E-state index contributed by atoms with van der Waals surface area (Å²) in [4.78, 5) is 26.9. The maximum absolute atomic E-state index is 12.0. The van der Waals surface area contributed by atoms with Crippen LogP contribution >= 0.6 is 11.6 Å². The number of nitrogens with zero attached hydrogens (tertiary/aromatic N) is 1. The highest BCUT2D eigenvalue weighted by molar-refractivity contribution is 6.30. The summed E-state index contributed by atoms with van der Waals surface area (Å²) in [7, 11) is 0. The zero-order chi connectivity index (χ0) is 13.8. The number of hydrogen-bond donors (Lipinski definition) is 1. The van der Waals surface area contributed by atoms with Crippen LogP contribution in [0.2, 0.25) is 5.02 Å². The molecular weight excluding hydrogens is 266 g/mol. The van der Waals surface area contributed by atoms with E-state index in [0.29, 0.717) is 16.1 Å². The highest BCUT2D eigenvalue weighted by Gasteiger charge is 2.14. The molecule has 19 heavy (non-hydrogen) atoms. The van der Waals surface area contributed by atoms with Gasteiger partial charge < -0.3 is 5.11 Å². The van der Waals surface area contributed by atoms with Crippen LogP contribution in [0.5, 0.6) is 0 Å². The summed E-state index contributed by atoms with van der Waals surface area (Å²) in [6, 6.07) is 7.85. The second kappa shape index (κ2) is 5.63. The highest BCUT2D eigenvalue weighted by Crippen LogP contribution is 2.14. The van der Waals surface area contributed by atoms with Gasteiger partial charge >= 0.3 is 5.97 Å². The summed E-state index contributed by atoms with van der Waals surface area (Å²) in [5.74, 6) is -1.24. The van der Waals surface area contributed by atoms with Gasteiger partial charge in [0.15, 0.2) is 5.78 Å². The SMILES string of the molecule is O=C(Cc1cnccc1C(=O)O)c1ccc(Cl)cc1. The number of halogens is 1. The van der Waals surface area contributed by atoms with Crippen LogP contribution in [-0.2, 0) is 6.42 Å². The number of aromatic nitrogens is 1. The largest absolute Gasteiger partial charge is 0.478 e. The third-order valence-electron chi connectivity index (χ3n) is 2.65. The van der Waals surface area contributed by atoms with Gasteiger partial charge in [-0.3, -0.25) is 9.78 Å². The van der Waals surface area contributed by atoms with Crippen molar-refractivity contribution in [1.82, 2.24) is 4.98 Å². The molecule has 0 bridgehead atoms. The first-order valence-corrected chi connectivity index (χ1v) is 5.90. The van der Waals surface area contributed by atoms with Gasteiger partial charge in [-0.05, 0) is 35.9 Å². The number of Topliss-reactive ketones (excluding diaryl/α,β-unsaturated/α-hetero) is 1. The van der Waals surface area contributed by atoms with Crippen LogP contribution in [0.1, 0.15) is 26.3 Å². The molecule has 4 nitrogen and oxygen atoms in total. The van der Waals surface area contributed by atoms with Gasteiger partial charge in [0.2, 0.25) is 0 Å². The molecule has 2 rings (SSSR count). The minimum atomic E-state index is -1.07. The van der Waals surface area contributed by atoms with Gasteiger partial charge in [0.25, 0.3) is 0 Å². The number of benzene rings is 1. The molecule has 96 valence electrons. The van der Waals surface area contributed by atoms with E-state index >= 15 is 0 Å². The molecule has 0 saturated heterocycles. The molecule has 0 radical (unpaired) electrons. The number of pyridine rings is 1. The Labute approximate surface area is 114 Å². The van der Waals surface area contributed by atoms with E-state index in [2.05, 4.69) is 4.98 Å². The minimum absolute atomic E-state index is 0.00287. The van der Waals surface area contributed by atoms with Crippen molar-refractivity contribution < 1.29 is 14.7 Å². The number of carboxylic acid groups (broad SMARTS) is 1. The fraction of sp³-hybridized carbons (Fsp3) is 0.0714. The molecule has 0 saturated carbocycles. The van der Waals surface area contributed by atoms with Gasteiger partial charge in [-0.25, -0.2) is 4.79 Å². The maximum Gasteiger partial charge on any atom is 0.336 e. The van der Waals surface area contributed by atoms with Crippen LogP contribution in [0, 0.1) is 0 Å². The van der Waals surface area contributed by atoms with E-state index in [9.17, 15) is 9.59 Å². The number of carbonyl (C=O) groups is 2. The fourth-order valence-corrected chi connectivity index (χ4v) is 1.81. The summed E-state index contributed by atoms with van der Waals surface area (Å²) in [6.45, 7) is 0. The topological polar surface area (TPSA) is 67.3 Å². The van der Waals surface area contributed by atoms with E-state index in [1.165, 1.54) is 18.5 Å². The van der Waals surface area contributed by atoms with Gasteiger partial charge in [-0.2, -0.15) is 0 Å². The lowest BCUT2D eigenvalue weighted by molar-refractivity contribution is 0.0695. The molecule has 0 amide bonds. The van der Waals surface area contributed by atoms with Crippen LogP contribution < -0.4 is 0 Å². The Morgan fingerprint density at radius 3 is 2.47 bits per heavy atom. The zero-order valence-corrected chi connectivity index (χ0v) is 10.6. The summed E-state index contributed by atoms with van der Waals surface area (Å²) < 4.78 is 0. The first-order chi connectivity index (χ1) is 9.08. The van der Waals surface area contributed by atoms with Crippen molar-refractivity contribution in [3.63, 3.8) is 0 Å². The quantitative estimate of drug-likeness (QED) is 0.871. The first-order valence-electron chi connectivity index (χ1n) is 5.53. The smallest absolute Gasteiger partial charge is 0.336 e. The van der Waals surface area contributed by atoms with E-state index in [-0.39, 0.29) is 17.8 Å². The van der Waals surface area contributed by atoms with Crippen molar-refractivity contribution in [2.75, 3.05) is 0 Å². The van der Waals surface area contributed by atoms with Gasteiger partial charge in [-0.15, -0.1) is 0 Å². The summed E-state index contributed by atoms with van der Waals surface area (Å²) in [6.07, 6.45) is 2.79. The van der Waals surface area contributed by atoms with Crippen molar-refractivity contribution in [3.8, 4) is 0 Å². The molecule has 0 aliphatic rings. The molecule has 1 N–H and O–H groups in total. The summed E-state index contributed by atoms with van der Waals surface area (Å²) in [5, 5.41) is 9.57. The van der Waals surface area contributed by atoms with Crippen LogP contribution in [0.25, 0.3) is 0 Å². The normalized spacial score (nSPS) is 10.2. The molecule has 1 aromatic carbocycles. The molecule has 1 aromatic heterocycles. The van der Waals surface area contributed by atoms with Crippen LogP contribution in [0.3, 0.4) is 0 Å². The average Bonchev–Trinajstić information content (AvgIpc) is 2.39. The van der Waals surface area contributed by atoms with Crippen LogP contribution in [-0.4, -0.2) is 21.8 Å².